The highest BCUT2D eigenvalue weighted by atomic mass is 35.5. The van der Waals surface area contributed by atoms with Crippen LogP contribution in [0.25, 0.3) is 0 Å². The van der Waals surface area contributed by atoms with Crippen molar-refractivity contribution in [1.82, 2.24) is 0 Å². The van der Waals surface area contributed by atoms with Crippen molar-refractivity contribution in [2.75, 3.05) is 11.9 Å². The summed E-state index contributed by atoms with van der Waals surface area (Å²) in [7, 11) is 0. The summed E-state index contributed by atoms with van der Waals surface area (Å²) in [6.07, 6.45) is -3.83. The van der Waals surface area contributed by atoms with Crippen LogP contribution in [-0.2, 0) is 0 Å². The van der Waals surface area contributed by atoms with Gasteiger partial charge in [-0.1, -0.05) is 11.6 Å². The van der Waals surface area contributed by atoms with Crippen molar-refractivity contribution in [2.24, 2.45) is 5.92 Å². The topological polar surface area (TPSA) is 56.0 Å². The molecule has 1 aliphatic rings. The van der Waals surface area contributed by atoms with Gasteiger partial charge in [0.15, 0.2) is 0 Å². The van der Waals surface area contributed by atoms with Crippen LogP contribution in [0.2, 0.25) is 5.02 Å². The summed E-state index contributed by atoms with van der Waals surface area (Å²) in [6.45, 7) is 0.0157. The third-order valence-electron chi connectivity index (χ3n) is 4.00. The molecule has 3 nitrogen and oxygen atoms in total. The number of nitrogens with zero attached hydrogens (tertiary/aromatic N) is 1. The van der Waals surface area contributed by atoms with Gasteiger partial charge in [0.05, 0.1) is 22.1 Å². The molecule has 0 radical (unpaired) electrons. The van der Waals surface area contributed by atoms with E-state index < -0.39 is 17.7 Å². The van der Waals surface area contributed by atoms with E-state index in [1.54, 1.807) is 6.07 Å². The molecular formula is C15H16ClF3N2O. The van der Waals surface area contributed by atoms with Gasteiger partial charge in [0.2, 0.25) is 0 Å². The number of anilines is 1. The highest BCUT2D eigenvalue weighted by molar-refractivity contribution is 6.32. The van der Waals surface area contributed by atoms with Crippen LogP contribution >= 0.6 is 11.6 Å². The van der Waals surface area contributed by atoms with Crippen LogP contribution in [0.5, 0.6) is 0 Å². The monoisotopic (exact) mass is 332 g/mol. The molecule has 1 fully saturated rings. The molecule has 1 aromatic carbocycles. The van der Waals surface area contributed by atoms with E-state index >= 15 is 0 Å². The minimum atomic E-state index is -4.27. The maximum atomic E-state index is 12.8. The van der Waals surface area contributed by atoms with Crippen molar-refractivity contribution in [3.05, 3.63) is 28.8 Å². The highest BCUT2D eigenvalue weighted by Gasteiger charge is 2.46. The fourth-order valence-electron chi connectivity index (χ4n) is 2.76. The summed E-state index contributed by atoms with van der Waals surface area (Å²) in [5.41, 5.74) is -0.508. The van der Waals surface area contributed by atoms with E-state index in [0.717, 1.165) is 0 Å². The zero-order valence-corrected chi connectivity index (χ0v) is 12.5. The summed E-state index contributed by atoms with van der Waals surface area (Å²) in [6, 6.07) is 6.58. The van der Waals surface area contributed by atoms with Crippen LogP contribution in [0.1, 0.15) is 31.2 Å². The lowest BCUT2D eigenvalue weighted by Crippen LogP contribution is -2.45. The highest BCUT2D eigenvalue weighted by Crippen LogP contribution is 2.41. The lowest BCUT2D eigenvalue weighted by Gasteiger charge is -2.37. The number of nitriles is 1. The Morgan fingerprint density at radius 1 is 1.45 bits per heavy atom. The van der Waals surface area contributed by atoms with Crippen molar-refractivity contribution in [3.63, 3.8) is 0 Å². The van der Waals surface area contributed by atoms with Gasteiger partial charge in [-0.05, 0) is 43.9 Å². The van der Waals surface area contributed by atoms with Gasteiger partial charge >= 0.3 is 6.18 Å². The van der Waals surface area contributed by atoms with Crippen molar-refractivity contribution in [2.45, 2.75) is 37.5 Å². The average Bonchev–Trinajstić information content (AvgIpc) is 2.44. The van der Waals surface area contributed by atoms with Crippen LogP contribution in [0.15, 0.2) is 18.2 Å². The molecule has 22 heavy (non-hydrogen) atoms. The molecular weight excluding hydrogens is 317 g/mol. The smallest absolute Gasteiger partial charge is 0.388 e. The molecule has 1 aliphatic carbocycles. The van der Waals surface area contributed by atoms with Crippen LogP contribution < -0.4 is 5.32 Å². The van der Waals surface area contributed by atoms with E-state index in [2.05, 4.69) is 5.32 Å². The third kappa shape index (κ3) is 4.05. The minimum Gasteiger partial charge on any atom is -0.388 e. The molecule has 0 spiro atoms. The van der Waals surface area contributed by atoms with Gasteiger partial charge in [-0.15, -0.1) is 0 Å². The number of nitrogens with one attached hydrogen (secondary N) is 1. The Hall–Kier alpha value is -1.45. The first-order valence-electron chi connectivity index (χ1n) is 6.96. The minimum absolute atomic E-state index is 0.0157. The first-order chi connectivity index (χ1) is 10.2. The predicted molar refractivity (Wildman–Crippen MR) is 77.6 cm³/mol. The van der Waals surface area contributed by atoms with Crippen LogP contribution in [0, 0.1) is 17.2 Å². The van der Waals surface area contributed by atoms with Gasteiger partial charge in [-0.3, -0.25) is 0 Å². The van der Waals surface area contributed by atoms with Crippen molar-refractivity contribution in [1.29, 1.82) is 5.26 Å². The Labute approximate surface area is 131 Å². The normalized spacial score (nSPS) is 25.5. The zero-order valence-electron chi connectivity index (χ0n) is 11.8. The van der Waals surface area contributed by atoms with Crippen LogP contribution in [0.3, 0.4) is 0 Å². The lowest BCUT2D eigenvalue weighted by atomic mass is 9.77. The summed E-state index contributed by atoms with van der Waals surface area (Å²) in [4.78, 5) is 0. The number of rotatable bonds is 3. The van der Waals surface area contributed by atoms with Gasteiger partial charge in [-0.2, -0.15) is 18.4 Å². The SMILES string of the molecule is N#Cc1ccc(NCC2(O)CCCC(C(F)(F)F)C2)cc1Cl. The van der Waals surface area contributed by atoms with E-state index in [4.69, 9.17) is 16.9 Å². The number of aliphatic hydroxyl groups is 1. The van der Waals surface area contributed by atoms with E-state index in [9.17, 15) is 18.3 Å². The Balaban J connectivity index is 2.01. The number of hydrogen-bond acceptors (Lipinski definition) is 3. The Bertz CT molecular complexity index is 585. The van der Waals surface area contributed by atoms with Gasteiger partial charge in [-0.25, -0.2) is 0 Å². The third-order valence-corrected chi connectivity index (χ3v) is 4.31. The number of halogens is 4. The molecule has 1 aromatic rings. The summed E-state index contributed by atoms with van der Waals surface area (Å²) in [5.74, 6) is -1.46. The van der Waals surface area contributed by atoms with Gasteiger partial charge in [0, 0.05) is 12.2 Å². The molecule has 0 heterocycles. The van der Waals surface area contributed by atoms with Gasteiger partial charge < -0.3 is 10.4 Å². The Morgan fingerprint density at radius 2 is 2.18 bits per heavy atom. The summed E-state index contributed by atoms with van der Waals surface area (Å²) >= 11 is 5.89. The molecule has 120 valence electrons. The maximum absolute atomic E-state index is 12.8. The Kier molecular flexibility index (Phi) is 4.88. The van der Waals surface area contributed by atoms with Gasteiger partial charge in [0.1, 0.15) is 6.07 Å². The maximum Gasteiger partial charge on any atom is 0.391 e. The fourth-order valence-corrected chi connectivity index (χ4v) is 2.99. The number of benzene rings is 1. The predicted octanol–water partition coefficient (Wildman–Crippen LogP) is 4.11. The second-order valence-corrected chi connectivity index (χ2v) is 6.13. The molecule has 0 aliphatic heterocycles. The van der Waals surface area contributed by atoms with Crippen LogP contribution in [0.4, 0.5) is 18.9 Å². The zero-order chi connectivity index (χ0) is 16.4. The Morgan fingerprint density at radius 3 is 2.77 bits per heavy atom. The quantitative estimate of drug-likeness (QED) is 0.876. The molecule has 2 rings (SSSR count). The van der Waals surface area contributed by atoms with Crippen molar-refractivity contribution < 1.29 is 18.3 Å². The molecule has 2 atom stereocenters. The molecule has 1 saturated carbocycles. The first kappa shape index (κ1) is 16.9. The standard InChI is InChI=1S/C15H16ClF3N2O/c16-13-6-12(4-3-10(13)8-20)21-9-14(22)5-1-2-11(7-14)15(17,18)19/h3-4,6,11,21-22H,1-2,5,7,9H2. The number of alkyl halides is 3. The molecule has 7 heteroatoms. The molecule has 2 unspecified atom stereocenters. The van der Waals surface area contributed by atoms with E-state index in [1.807, 2.05) is 6.07 Å². The van der Waals surface area contributed by atoms with Crippen LogP contribution in [-0.4, -0.2) is 23.4 Å². The number of hydrogen-bond donors (Lipinski definition) is 2. The molecule has 0 aromatic heterocycles. The van der Waals surface area contributed by atoms with E-state index in [0.29, 0.717) is 24.1 Å². The fraction of sp³-hybridized carbons (Fsp3) is 0.533. The first-order valence-corrected chi connectivity index (χ1v) is 7.34. The molecule has 0 saturated heterocycles. The van der Waals surface area contributed by atoms with Crippen molar-refractivity contribution in [3.8, 4) is 6.07 Å². The van der Waals surface area contributed by atoms with E-state index in [1.165, 1.54) is 12.1 Å². The van der Waals surface area contributed by atoms with Gasteiger partial charge in [0.25, 0.3) is 0 Å². The van der Waals surface area contributed by atoms with E-state index in [-0.39, 0.29) is 24.4 Å². The summed E-state index contributed by atoms with van der Waals surface area (Å²) < 4.78 is 38.4. The average molecular weight is 333 g/mol. The summed E-state index contributed by atoms with van der Waals surface area (Å²) in [5, 5.41) is 22.3. The second-order valence-electron chi connectivity index (χ2n) is 5.72. The molecule has 0 bridgehead atoms. The van der Waals surface area contributed by atoms with Crippen molar-refractivity contribution >= 4 is 17.3 Å². The molecule has 2 N–H and O–H groups in total. The lowest BCUT2D eigenvalue weighted by molar-refractivity contribution is -0.199. The largest absolute Gasteiger partial charge is 0.391 e. The second kappa shape index (κ2) is 6.35. The molecule has 0 amide bonds.